The molecule has 0 bridgehead atoms. The summed E-state index contributed by atoms with van der Waals surface area (Å²) in [5.41, 5.74) is 8.62. The van der Waals surface area contributed by atoms with Gasteiger partial charge in [0.2, 0.25) is 5.91 Å². The fourth-order valence-electron chi connectivity index (χ4n) is 3.89. The second-order valence-electron chi connectivity index (χ2n) is 7.26. The molecule has 1 aliphatic rings. The third-order valence-corrected chi connectivity index (χ3v) is 5.39. The molecule has 0 fully saturated rings. The number of amides is 1. The van der Waals surface area contributed by atoms with Crippen molar-refractivity contribution in [3.8, 4) is 11.5 Å². The van der Waals surface area contributed by atoms with Crippen LogP contribution >= 0.6 is 0 Å². The first-order chi connectivity index (χ1) is 14.1. The van der Waals surface area contributed by atoms with Gasteiger partial charge in [-0.3, -0.25) is 4.79 Å². The minimum absolute atomic E-state index is 0.00506. The summed E-state index contributed by atoms with van der Waals surface area (Å²) in [4.78, 5) is 14.9. The number of aromatic amines is 1. The number of halogens is 1. The summed E-state index contributed by atoms with van der Waals surface area (Å²) in [5, 5.41) is 4.61. The first-order valence-corrected chi connectivity index (χ1v) is 9.68. The number of hydrogen-bond donors (Lipinski definition) is 3. The third kappa shape index (κ3) is 3.91. The van der Waals surface area contributed by atoms with Gasteiger partial charge in [0.1, 0.15) is 12.4 Å². The number of H-pyrrole nitrogens is 1. The lowest BCUT2D eigenvalue weighted by Crippen LogP contribution is -2.40. The van der Waals surface area contributed by atoms with E-state index in [9.17, 15) is 9.18 Å². The zero-order chi connectivity index (χ0) is 20.4. The lowest BCUT2D eigenvalue weighted by atomic mass is 9.96. The number of hydrogen-bond acceptors (Lipinski definition) is 4. The Kier molecular flexibility index (Phi) is 5.40. The van der Waals surface area contributed by atoms with Gasteiger partial charge in [0.25, 0.3) is 0 Å². The summed E-state index contributed by atoms with van der Waals surface area (Å²) in [7, 11) is 1.66. The number of aromatic nitrogens is 1. The second-order valence-corrected chi connectivity index (χ2v) is 7.26. The average molecular weight is 397 g/mol. The normalized spacial score (nSPS) is 15.7. The number of fused-ring (bicyclic) bond motifs is 2. The van der Waals surface area contributed by atoms with Crippen LogP contribution in [0, 0.1) is 5.82 Å². The summed E-state index contributed by atoms with van der Waals surface area (Å²) in [5.74, 6) is -0.0439. The zero-order valence-corrected chi connectivity index (χ0v) is 16.3. The Morgan fingerprint density at radius 1 is 1.38 bits per heavy atom. The first kappa shape index (κ1) is 19.3. The molecule has 1 aliphatic heterocycles. The van der Waals surface area contributed by atoms with E-state index in [0.29, 0.717) is 24.2 Å². The lowest BCUT2D eigenvalue weighted by Gasteiger charge is -2.27. The molecular weight excluding hydrogens is 373 g/mol. The predicted molar refractivity (Wildman–Crippen MR) is 109 cm³/mol. The molecule has 1 unspecified atom stereocenters. The number of carbonyl (C=O) groups excluding carboxylic acids is 1. The molecule has 0 spiro atoms. The molecule has 3 aromatic rings. The molecule has 29 heavy (non-hydrogen) atoms. The van der Waals surface area contributed by atoms with E-state index in [1.807, 2.05) is 24.4 Å². The Bertz CT molecular complexity index is 1050. The molecule has 0 aliphatic carbocycles. The van der Waals surface area contributed by atoms with Crippen molar-refractivity contribution in [1.82, 2.24) is 10.3 Å². The van der Waals surface area contributed by atoms with Gasteiger partial charge >= 0.3 is 0 Å². The second kappa shape index (κ2) is 8.13. The van der Waals surface area contributed by atoms with Crippen LogP contribution in [-0.2, 0) is 12.8 Å². The molecule has 1 amide bonds. The number of ether oxygens (including phenoxy) is 2. The van der Waals surface area contributed by atoms with Gasteiger partial charge in [-0.15, -0.1) is 0 Å². The average Bonchev–Trinajstić information content (AvgIpc) is 3.13. The molecule has 7 heteroatoms. The lowest BCUT2D eigenvalue weighted by molar-refractivity contribution is 0.0997. The van der Waals surface area contributed by atoms with Crippen LogP contribution in [-0.4, -0.2) is 37.2 Å². The van der Waals surface area contributed by atoms with Crippen molar-refractivity contribution in [3.05, 3.63) is 59.0 Å². The Morgan fingerprint density at radius 2 is 2.24 bits per heavy atom. The van der Waals surface area contributed by atoms with E-state index < -0.39 is 11.7 Å². The molecular formula is C22H24FN3O3. The molecule has 152 valence electrons. The minimum Gasteiger partial charge on any atom is -0.497 e. The Balaban J connectivity index is 1.36. The highest BCUT2D eigenvalue weighted by Gasteiger charge is 2.26. The number of nitrogens with one attached hydrogen (secondary N) is 2. The molecule has 0 saturated carbocycles. The van der Waals surface area contributed by atoms with Crippen molar-refractivity contribution in [2.45, 2.75) is 25.3 Å². The van der Waals surface area contributed by atoms with Gasteiger partial charge < -0.3 is 25.5 Å². The molecule has 1 aromatic heterocycles. The van der Waals surface area contributed by atoms with E-state index in [0.717, 1.165) is 30.7 Å². The smallest absolute Gasteiger partial charge is 0.249 e. The van der Waals surface area contributed by atoms with Gasteiger partial charge in [-0.25, -0.2) is 4.39 Å². The van der Waals surface area contributed by atoms with Crippen LogP contribution in [0.25, 0.3) is 10.9 Å². The van der Waals surface area contributed by atoms with Crippen molar-refractivity contribution in [1.29, 1.82) is 0 Å². The van der Waals surface area contributed by atoms with E-state index in [2.05, 4.69) is 10.3 Å². The fourth-order valence-corrected chi connectivity index (χ4v) is 3.89. The van der Waals surface area contributed by atoms with Crippen LogP contribution in [0.5, 0.6) is 11.5 Å². The van der Waals surface area contributed by atoms with E-state index in [1.165, 1.54) is 23.1 Å². The van der Waals surface area contributed by atoms with Gasteiger partial charge in [0, 0.05) is 34.3 Å². The Labute approximate surface area is 168 Å². The highest BCUT2D eigenvalue weighted by molar-refractivity contribution is 5.95. The van der Waals surface area contributed by atoms with Gasteiger partial charge in [-0.1, -0.05) is 0 Å². The SMILES string of the molecule is COc1ccc2[nH]cc(CCCNC3COc4c(F)ccc(C(N)=O)c4C3)c2c1. The number of methoxy groups -OCH3 is 1. The Morgan fingerprint density at radius 3 is 3.03 bits per heavy atom. The minimum atomic E-state index is -0.569. The maximum absolute atomic E-state index is 14.0. The molecule has 4 rings (SSSR count). The summed E-state index contributed by atoms with van der Waals surface area (Å²) in [6, 6.07) is 8.65. The fraction of sp³-hybridized carbons (Fsp3) is 0.318. The number of aryl methyl sites for hydroxylation is 1. The summed E-state index contributed by atoms with van der Waals surface area (Å²) in [6.45, 7) is 1.14. The zero-order valence-electron chi connectivity index (χ0n) is 16.3. The van der Waals surface area contributed by atoms with Crippen molar-refractivity contribution in [3.63, 3.8) is 0 Å². The quantitative estimate of drug-likeness (QED) is 0.535. The van der Waals surface area contributed by atoms with Crippen molar-refractivity contribution in [2.75, 3.05) is 20.3 Å². The monoisotopic (exact) mass is 397 g/mol. The van der Waals surface area contributed by atoms with Gasteiger partial charge in [0.05, 0.1) is 7.11 Å². The van der Waals surface area contributed by atoms with Crippen molar-refractivity contribution < 1.29 is 18.7 Å². The maximum Gasteiger partial charge on any atom is 0.249 e. The summed E-state index contributed by atoms with van der Waals surface area (Å²) < 4.78 is 24.9. The number of benzene rings is 2. The highest BCUT2D eigenvalue weighted by Crippen LogP contribution is 2.31. The number of nitrogens with two attached hydrogens (primary N) is 1. The molecule has 6 nitrogen and oxygen atoms in total. The van der Waals surface area contributed by atoms with E-state index in [-0.39, 0.29) is 11.8 Å². The van der Waals surface area contributed by atoms with Crippen LogP contribution in [0.3, 0.4) is 0 Å². The molecule has 0 saturated heterocycles. The summed E-state index contributed by atoms with van der Waals surface area (Å²) in [6.07, 6.45) is 4.38. The van der Waals surface area contributed by atoms with Crippen LogP contribution < -0.4 is 20.5 Å². The van der Waals surface area contributed by atoms with Crippen LogP contribution in [0.2, 0.25) is 0 Å². The van der Waals surface area contributed by atoms with Crippen molar-refractivity contribution >= 4 is 16.8 Å². The van der Waals surface area contributed by atoms with Crippen LogP contribution in [0.15, 0.2) is 36.5 Å². The third-order valence-electron chi connectivity index (χ3n) is 5.39. The van der Waals surface area contributed by atoms with Gasteiger partial charge in [0.15, 0.2) is 11.6 Å². The first-order valence-electron chi connectivity index (χ1n) is 9.68. The molecule has 0 radical (unpaired) electrons. The predicted octanol–water partition coefficient (Wildman–Crippen LogP) is 2.94. The molecule has 1 atom stereocenters. The maximum atomic E-state index is 14.0. The van der Waals surface area contributed by atoms with E-state index in [4.69, 9.17) is 15.2 Å². The number of primary amides is 1. The van der Waals surface area contributed by atoms with Crippen LogP contribution in [0.4, 0.5) is 4.39 Å². The standard InChI is InChI=1S/C22H24FN3O3/c1-28-15-4-7-20-17(10-15)13(11-26-20)3-2-8-25-14-9-18-16(22(24)27)5-6-19(23)21(18)29-12-14/h4-7,10-11,14,25-26H,2-3,8-9,12H2,1H3,(H2,24,27). The van der Waals surface area contributed by atoms with Gasteiger partial charge in [-0.2, -0.15) is 0 Å². The topological polar surface area (TPSA) is 89.4 Å². The Hall–Kier alpha value is -3.06. The molecule has 2 aromatic carbocycles. The number of rotatable bonds is 7. The van der Waals surface area contributed by atoms with E-state index >= 15 is 0 Å². The van der Waals surface area contributed by atoms with E-state index in [1.54, 1.807) is 7.11 Å². The number of carbonyl (C=O) groups is 1. The summed E-state index contributed by atoms with van der Waals surface area (Å²) >= 11 is 0. The molecule has 4 N–H and O–H groups in total. The van der Waals surface area contributed by atoms with Gasteiger partial charge in [-0.05, 0) is 61.7 Å². The molecule has 2 heterocycles. The largest absolute Gasteiger partial charge is 0.497 e. The van der Waals surface area contributed by atoms with Crippen LogP contribution in [0.1, 0.15) is 27.9 Å². The van der Waals surface area contributed by atoms with Crippen molar-refractivity contribution in [2.24, 2.45) is 5.73 Å². The highest BCUT2D eigenvalue weighted by atomic mass is 19.1.